The topological polar surface area (TPSA) is 108 Å². The lowest BCUT2D eigenvalue weighted by Crippen LogP contribution is -2.23. The lowest BCUT2D eigenvalue weighted by atomic mass is 10.2. The number of hydrogen-bond acceptors (Lipinski definition) is 4. The minimum atomic E-state index is -0.255. The molecule has 0 bridgehead atoms. The van der Waals surface area contributed by atoms with E-state index < -0.39 is 0 Å². The fraction of sp³-hybridized carbons (Fsp3) is 0.111. The fourth-order valence-corrected chi connectivity index (χ4v) is 3.95. The van der Waals surface area contributed by atoms with Gasteiger partial charge in [0.05, 0.1) is 14.2 Å². The van der Waals surface area contributed by atoms with Gasteiger partial charge < -0.3 is 30.1 Å². The monoisotopic (exact) mass is 468 g/mol. The van der Waals surface area contributed by atoms with Crippen molar-refractivity contribution in [2.24, 2.45) is 0 Å². The molecule has 0 saturated heterocycles. The van der Waals surface area contributed by atoms with Gasteiger partial charge >= 0.3 is 0 Å². The molecule has 0 unspecified atom stereocenters. The van der Waals surface area contributed by atoms with Crippen molar-refractivity contribution in [2.45, 2.75) is 6.54 Å². The summed E-state index contributed by atoms with van der Waals surface area (Å²) in [5, 5.41) is 7.66. The SMILES string of the molecule is COc1ccc2cc(C(=O)NCc3cccc(NC(=O)c4cc5ccc(OC)cc5[nH]4)c3)[nH]c2c1. The zero-order valence-corrected chi connectivity index (χ0v) is 19.3. The Hall–Kier alpha value is -4.72. The van der Waals surface area contributed by atoms with E-state index in [0.717, 1.165) is 33.1 Å². The minimum Gasteiger partial charge on any atom is -0.497 e. The van der Waals surface area contributed by atoms with Gasteiger partial charge in [-0.15, -0.1) is 0 Å². The Morgan fingerprint density at radius 2 is 1.34 bits per heavy atom. The number of fused-ring (bicyclic) bond motifs is 2. The van der Waals surface area contributed by atoms with Gasteiger partial charge in [-0.1, -0.05) is 12.1 Å². The van der Waals surface area contributed by atoms with Crippen LogP contribution in [-0.4, -0.2) is 36.0 Å². The van der Waals surface area contributed by atoms with E-state index in [9.17, 15) is 9.59 Å². The van der Waals surface area contributed by atoms with E-state index >= 15 is 0 Å². The van der Waals surface area contributed by atoms with Crippen LogP contribution < -0.4 is 20.1 Å². The first-order chi connectivity index (χ1) is 17.0. The molecule has 0 atom stereocenters. The van der Waals surface area contributed by atoms with E-state index in [-0.39, 0.29) is 11.8 Å². The van der Waals surface area contributed by atoms with Crippen molar-refractivity contribution < 1.29 is 19.1 Å². The third-order valence-electron chi connectivity index (χ3n) is 5.79. The van der Waals surface area contributed by atoms with Crippen LogP contribution in [-0.2, 0) is 6.54 Å². The zero-order valence-electron chi connectivity index (χ0n) is 19.3. The number of ether oxygens (including phenoxy) is 2. The molecule has 176 valence electrons. The Morgan fingerprint density at radius 1 is 0.743 bits per heavy atom. The molecular weight excluding hydrogens is 444 g/mol. The summed E-state index contributed by atoms with van der Waals surface area (Å²) >= 11 is 0. The maximum absolute atomic E-state index is 12.8. The average Bonchev–Trinajstić information content (AvgIpc) is 3.51. The molecular formula is C27H24N4O4. The highest BCUT2D eigenvalue weighted by molar-refractivity contribution is 6.06. The second-order valence-corrected chi connectivity index (χ2v) is 8.11. The Balaban J connectivity index is 1.24. The first-order valence-electron chi connectivity index (χ1n) is 11.0. The van der Waals surface area contributed by atoms with Crippen LogP contribution in [0.2, 0.25) is 0 Å². The molecule has 5 aromatic rings. The Morgan fingerprint density at radius 3 is 1.94 bits per heavy atom. The molecule has 2 heterocycles. The van der Waals surface area contributed by atoms with E-state index in [1.165, 1.54) is 0 Å². The number of aromatic nitrogens is 2. The molecule has 0 fully saturated rings. The standard InChI is InChI=1S/C27H24N4O4/c1-34-20-8-6-17-11-24(30-22(17)13-20)26(32)28-15-16-4-3-5-19(10-16)29-27(33)25-12-18-7-9-21(35-2)14-23(18)31-25/h3-14,30-31H,15H2,1-2H3,(H,28,32)(H,29,33). The summed E-state index contributed by atoms with van der Waals surface area (Å²) in [6, 6.07) is 22.2. The third kappa shape index (κ3) is 4.67. The van der Waals surface area contributed by atoms with Crippen molar-refractivity contribution in [1.82, 2.24) is 15.3 Å². The van der Waals surface area contributed by atoms with Crippen LogP contribution in [0.4, 0.5) is 5.69 Å². The summed E-state index contributed by atoms with van der Waals surface area (Å²) in [4.78, 5) is 31.7. The van der Waals surface area contributed by atoms with Crippen molar-refractivity contribution in [1.29, 1.82) is 0 Å². The van der Waals surface area contributed by atoms with Crippen molar-refractivity contribution in [3.63, 3.8) is 0 Å². The number of benzene rings is 3. The van der Waals surface area contributed by atoms with E-state index in [2.05, 4.69) is 20.6 Å². The molecule has 0 spiro atoms. The lowest BCUT2D eigenvalue weighted by molar-refractivity contribution is 0.0945. The van der Waals surface area contributed by atoms with Crippen molar-refractivity contribution >= 4 is 39.3 Å². The number of H-pyrrole nitrogens is 2. The van der Waals surface area contributed by atoms with Gasteiger partial charge in [0.2, 0.25) is 0 Å². The van der Waals surface area contributed by atoms with Crippen LogP contribution in [0.5, 0.6) is 11.5 Å². The molecule has 0 saturated carbocycles. The highest BCUT2D eigenvalue weighted by Gasteiger charge is 2.12. The molecule has 2 aromatic heterocycles. The number of carbonyl (C=O) groups is 2. The minimum absolute atomic E-state index is 0.219. The van der Waals surface area contributed by atoms with Crippen LogP contribution in [0.3, 0.4) is 0 Å². The number of carbonyl (C=O) groups excluding carboxylic acids is 2. The molecule has 0 aliphatic heterocycles. The Kier molecular flexibility index (Phi) is 5.85. The Bertz CT molecular complexity index is 1550. The van der Waals surface area contributed by atoms with E-state index in [1.54, 1.807) is 32.4 Å². The maximum Gasteiger partial charge on any atom is 0.272 e. The molecule has 8 nitrogen and oxygen atoms in total. The number of amides is 2. The van der Waals surface area contributed by atoms with Gasteiger partial charge in [0.15, 0.2) is 0 Å². The molecule has 4 N–H and O–H groups in total. The number of hydrogen-bond donors (Lipinski definition) is 4. The van der Waals surface area contributed by atoms with Gasteiger partial charge in [-0.2, -0.15) is 0 Å². The molecule has 5 rings (SSSR count). The number of aromatic amines is 2. The third-order valence-corrected chi connectivity index (χ3v) is 5.79. The molecule has 35 heavy (non-hydrogen) atoms. The highest BCUT2D eigenvalue weighted by atomic mass is 16.5. The highest BCUT2D eigenvalue weighted by Crippen LogP contribution is 2.23. The second-order valence-electron chi connectivity index (χ2n) is 8.11. The van der Waals surface area contributed by atoms with Gasteiger partial charge in [-0.25, -0.2) is 0 Å². The van der Waals surface area contributed by atoms with Crippen molar-refractivity contribution in [3.05, 3.63) is 89.7 Å². The first kappa shape index (κ1) is 22.1. The maximum atomic E-state index is 12.8. The van der Waals surface area contributed by atoms with Gasteiger partial charge in [0, 0.05) is 46.2 Å². The normalized spacial score (nSPS) is 10.9. The lowest BCUT2D eigenvalue weighted by Gasteiger charge is -2.08. The van der Waals surface area contributed by atoms with Crippen molar-refractivity contribution in [3.8, 4) is 11.5 Å². The van der Waals surface area contributed by atoms with Gasteiger partial charge in [0.1, 0.15) is 22.9 Å². The van der Waals surface area contributed by atoms with Crippen molar-refractivity contribution in [2.75, 3.05) is 19.5 Å². The largest absolute Gasteiger partial charge is 0.497 e. The van der Waals surface area contributed by atoms with Crippen LogP contribution in [0.1, 0.15) is 26.5 Å². The van der Waals surface area contributed by atoms with Gasteiger partial charge in [0.25, 0.3) is 11.8 Å². The van der Waals surface area contributed by atoms with Crippen LogP contribution in [0.15, 0.2) is 72.8 Å². The second kappa shape index (κ2) is 9.26. The molecule has 0 aliphatic carbocycles. The number of methoxy groups -OCH3 is 2. The zero-order chi connectivity index (χ0) is 24.4. The van der Waals surface area contributed by atoms with Crippen LogP contribution in [0.25, 0.3) is 21.8 Å². The summed E-state index contributed by atoms with van der Waals surface area (Å²) in [5.41, 5.74) is 4.05. The smallest absolute Gasteiger partial charge is 0.272 e. The van der Waals surface area contributed by atoms with E-state index in [4.69, 9.17) is 9.47 Å². The molecule has 0 radical (unpaired) electrons. The molecule has 8 heteroatoms. The Labute approximate surface area is 201 Å². The fourth-order valence-electron chi connectivity index (χ4n) is 3.95. The van der Waals surface area contributed by atoms with E-state index in [0.29, 0.717) is 29.4 Å². The molecule has 2 amide bonds. The summed E-state index contributed by atoms with van der Waals surface area (Å²) in [5.74, 6) is 0.962. The van der Waals surface area contributed by atoms with Gasteiger partial charge in [-0.3, -0.25) is 9.59 Å². The summed E-state index contributed by atoms with van der Waals surface area (Å²) in [6.07, 6.45) is 0. The number of rotatable bonds is 7. The summed E-state index contributed by atoms with van der Waals surface area (Å²) in [7, 11) is 3.20. The molecule has 0 aliphatic rings. The predicted octanol–water partition coefficient (Wildman–Crippen LogP) is 4.85. The summed E-state index contributed by atoms with van der Waals surface area (Å²) in [6.45, 7) is 0.313. The first-order valence-corrected chi connectivity index (χ1v) is 11.0. The number of anilines is 1. The number of nitrogens with one attached hydrogen (secondary N) is 4. The quantitative estimate of drug-likeness (QED) is 0.274. The van der Waals surface area contributed by atoms with Gasteiger partial charge in [-0.05, 0) is 54.1 Å². The van der Waals surface area contributed by atoms with E-state index in [1.807, 2.05) is 54.6 Å². The van der Waals surface area contributed by atoms with Crippen LogP contribution in [0, 0.1) is 0 Å². The average molecular weight is 469 g/mol. The molecule has 3 aromatic carbocycles. The van der Waals surface area contributed by atoms with Crippen LogP contribution >= 0.6 is 0 Å². The summed E-state index contributed by atoms with van der Waals surface area (Å²) < 4.78 is 10.5. The predicted molar refractivity (Wildman–Crippen MR) is 135 cm³/mol.